The van der Waals surface area contributed by atoms with Gasteiger partial charge in [0.05, 0.1) is 16.4 Å². The van der Waals surface area contributed by atoms with E-state index in [2.05, 4.69) is 80.8 Å². The molecule has 0 spiro atoms. The Morgan fingerprint density at radius 1 is 0.862 bits per heavy atom. The van der Waals surface area contributed by atoms with E-state index < -0.39 is 0 Å². The number of aromatic nitrogens is 1. The van der Waals surface area contributed by atoms with Crippen LogP contribution in [0.2, 0.25) is 0 Å². The molecule has 3 aromatic rings. The number of fused-ring (bicyclic) bond motifs is 12. The third-order valence-electron chi connectivity index (χ3n) is 9.31. The first kappa shape index (κ1) is 17.7. The second-order valence-electron chi connectivity index (χ2n) is 10.1. The van der Waals surface area contributed by atoms with Gasteiger partial charge in [0.15, 0.2) is 5.54 Å². The van der Waals surface area contributed by atoms with Gasteiger partial charge in [0, 0.05) is 25.0 Å². The molecule has 2 heterocycles. The zero-order chi connectivity index (χ0) is 20.0. The normalized spacial score (nSPS) is 31.6. The van der Waals surface area contributed by atoms with Gasteiger partial charge in [-0.2, -0.15) is 4.57 Å². The maximum atomic E-state index is 2.80. The highest BCUT2D eigenvalue weighted by molar-refractivity contribution is 5.87. The molecule has 0 saturated heterocycles. The Morgan fingerprint density at radius 2 is 1.55 bits per heavy atom. The van der Waals surface area contributed by atoms with E-state index in [-0.39, 0.29) is 11.0 Å². The van der Waals surface area contributed by atoms with E-state index in [1.807, 2.05) is 0 Å². The monoisotopic (exact) mass is 382 g/mol. The fourth-order valence-electron chi connectivity index (χ4n) is 7.37. The molecule has 1 nitrogen and oxygen atoms in total. The Morgan fingerprint density at radius 3 is 2.31 bits per heavy atom. The highest BCUT2D eigenvalue weighted by Gasteiger charge is 2.59. The van der Waals surface area contributed by atoms with Crippen LogP contribution in [0.1, 0.15) is 88.3 Å². The van der Waals surface area contributed by atoms with Crippen LogP contribution in [-0.2, 0) is 11.0 Å². The van der Waals surface area contributed by atoms with E-state index >= 15 is 0 Å². The van der Waals surface area contributed by atoms with Crippen molar-refractivity contribution < 1.29 is 4.57 Å². The molecule has 0 N–H and O–H groups in total. The lowest BCUT2D eigenvalue weighted by Gasteiger charge is -2.47. The summed E-state index contributed by atoms with van der Waals surface area (Å²) in [5.74, 6) is 1.52. The standard InChI is InChI=1S/C28H32N/c1-5-27(3)22-13-9-7-11-20(22)26-25-19-16-15-18(17-19)24(25)21-12-8-10-14-23(21)29(26)28(27,4)6-2/h7-14,18-19H,5-6,15-17H2,1-4H3/q+1. The van der Waals surface area contributed by atoms with Crippen LogP contribution in [0, 0.1) is 0 Å². The molecule has 2 aliphatic carbocycles. The van der Waals surface area contributed by atoms with Crippen molar-refractivity contribution in [3.8, 4) is 11.3 Å². The Bertz CT molecular complexity index is 1160. The summed E-state index contributed by atoms with van der Waals surface area (Å²) in [6.07, 6.45) is 6.41. The Labute approximate surface area is 174 Å². The van der Waals surface area contributed by atoms with Crippen molar-refractivity contribution in [1.29, 1.82) is 0 Å². The highest BCUT2D eigenvalue weighted by atomic mass is 15.1. The molecule has 1 aliphatic heterocycles. The van der Waals surface area contributed by atoms with Gasteiger partial charge in [-0.05, 0) is 67.7 Å². The molecule has 0 radical (unpaired) electrons. The summed E-state index contributed by atoms with van der Waals surface area (Å²) < 4.78 is 2.80. The molecule has 1 heteroatoms. The summed E-state index contributed by atoms with van der Waals surface area (Å²) >= 11 is 0. The minimum absolute atomic E-state index is 0.0574. The molecule has 3 aliphatic rings. The van der Waals surface area contributed by atoms with E-state index in [9.17, 15) is 0 Å². The minimum Gasteiger partial charge on any atom is -0.185 e. The first-order chi connectivity index (χ1) is 14.0. The molecule has 4 unspecified atom stereocenters. The van der Waals surface area contributed by atoms with Gasteiger partial charge < -0.3 is 0 Å². The smallest absolute Gasteiger partial charge is 0.185 e. The number of rotatable bonds is 2. The van der Waals surface area contributed by atoms with E-state index in [0.717, 1.165) is 24.7 Å². The average Bonchev–Trinajstić information content (AvgIpc) is 3.39. The molecule has 2 bridgehead atoms. The van der Waals surface area contributed by atoms with Crippen molar-refractivity contribution in [2.45, 2.75) is 82.6 Å². The molecular formula is C28H32N+. The maximum absolute atomic E-state index is 2.80. The summed E-state index contributed by atoms with van der Waals surface area (Å²) in [6, 6.07) is 18.6. The number of hydrogen-bond donors (Lipinski definition) is 0. The molecule has 6 rings (SSSR count). The second-order valence-corrected chi connectivity index (χ2v) is 10.1. The van der Waals surface area contributed by atoms with Crippen molar-refractivity contribution in [3.05, 3.63) is 65.2 Å². The van der Waals surface area contributed by atoms with Crippen molar-refractivity contribution in [3.63, 3.8) is 0 Å². The second kappa shape index (κ2) is 5.72. The van der Waals surface area contributed by atoms with Crippen LogP contribution in [0.25, 0.3) is 22.2 Å². The van der Waals surface area contributed by atoms with Crippen LogP contribution in [0.4, 0.5) is 0 Å². The molecule has 1 aromatic heterocycles. The zero-order valence-electron chi connectivity index (χ0n) is 18.3. The first-order valence-corrected chi connectivity index (χ1v) is 11.7. The van der Waals surface area contributed by atoms with Gasteiger partial charge in [-0.3, -0.25) is 0 Å². The van der Waals surface area contributed by atoms with Crippen molar-refractivity contribution in [2.24, 2.45) is 0 Å². The van der Waals surface area contributed by atoms with Crippen LogP contribution in [-0.4, -0.2) is 0 Å². The maximum Gasteiger partial charge on any atom is 0.217 e. The van der Waals surface area contributed by atoms with Gasteiger partial charge in [0.25, 0.3) is 0 Å². The summed E-state index contributed by atoms with van der Waals surface area (Å²) in [6.45, 7) is 9.82. The molecule has 2 aromatic carbocycles. The SMILES string of the molecule is CCC1(C)c2ccccc2-c2c3c(c4ccccc4[n+]2C1(C)CC)C1CCC3C1. The predicted octanol–water partition coefficient (Wildman–Crippen LogP) is 6.97. The van der Waals surface area contributed by atoms with E-state index in [0.29, 0.717) is 0 Å². The molecule has 29 heavy (non-hydrogen) atoms. The average molecular weight is 383 g/mol. The Kier molecular flexibility index (Phi) is 3.49. The number of para-hydroxylation sites is 1. The van der Waals surface area contributed by atoms with Crippen LogP contribution >= 0.6 is 0 Å². The summed E-state index contributed by atoms with van der Waals surface area (Å²) in [4.78, 5) is 0. The third kappa shape index (κ3) is 1.91. The van der Waals surface area contributed by atoms with Gasteiger partial charge in [-0.1, -0.05) is 44.2 Å². The molecule has 4 atom stereocenters. The predicted molar refractivity (Wildman–Crippen MR) is 120 cm³/mol. The minimum atomic E-state index is 0.0574. The van der Waals surface area contributed by atoms with Gasteiger partial charge in [-0.15, -0.1) is 0 Å². The molecule has 148 valence electrons. The van der Waals surface area contributed by atoms with Crippen LogP contribution in [0.15, 0.2) is 48.5 Å². The van der Waals surface area contributed by atoms with E-state index in [1.54, 1.807) is 22.4 Å². The lowest BCUT2D eigenvalue weighted by molar-refractivity contribution is -0.743. The quantitative estimate of drug-likeness (QED) is 0.422. The summed E-state index contributed by atoms with van der Waals surface area (Å²) in [5.41, 5.74) is 9.63. The lowest BCUT2D eigenvalue weighted by Crippen LogP contribution is -2.68. The van der Waals surface area contributed by atoms with Crippen LogP contribution < -0.4 is 4.57 Å². The number of pyridine rings is 1. The van der Waals surface area contributed by atoms with Gasteiger partial charge in [0.2, 0.25) is 11.2 Å². The number of benzene rings is 2. The fourth-order valence-corrected chi connectivity index (χ4v) is 7.37. The Hall–Kier alpha value is -2.15. The van der Waals surface area contributed by atoms with E-state index in [1.165, 1.54) is 35.7 Å². The van der Waals surface area contributed by atoms with Crippen LogP contribution in [0.3, 0.4) is 0 Å². The summed E-state index contributed by atoms with van der Waals surface area (Å²) in [5, 5.41) is 1.52. The largest absolute Gasteiger partial charge is 0.217 e. The third-order valence-corrected chi connectivity index (χ3v) is 9.31. The van der Waals surface area contributed by atoms with Crippen molar-refractivity contribution >= 4 is 10.9 Å². The summed E-state index contributed by atoms with van der Waals surface area (Å²) in [7, 11) is 0. The van der Waals surface area contributed by atoms with Crippen molar-refractivity contribution in [2.75, 3.05) is 0 Å². The molecule has 1 fully saturated rings. The fraction of sp³-hybridized carbons (Fsp3) is 0.464. The van der Waals surface area contributed by atoms with Gasteiger partial charge in [-0.25, -0.2) is 0 Å². The van der Waals surface area contributed by atoms with Gasteiger partial charge >= 0.3 is 0 Å². The molecule has 1 saturated carbocycles. The topological polar surface area (TPSA) is 3.88 Å². The zero-order valence-corrected chi connectivity index (χ0v) is 18.3. The van der Waals surface area contributed by atoms with Crippen LogP contribution in [0.5, 0.6) is 0 Å². The van der Waals surface area contributed by atoms with Crippen molar-refractivity contribution in [1.82, 2.24) is 0 Å². The first-order valence-electron chi connectivity index (χ1n) is 11.7. The molecular weight excluding hydrogens is 350 g/mol. The molecule has 0 amide bonds. The van der Waals surface area contributed by atoms with Gasteiger partial charge in [0.1, 0.15) is 0 Å². The highest BCUT2D eigenvalue weighted by Crippen LogP contribution is 2.60. The lowest BCUT2D eigenvalue weighted by atomic mass is 9.60. The number of hydrogen-bond acceptors (Lipinski definition) is 0. The Balaban J connectivity index is 1.87. The number of nitrogens with zero attached hydrogens (tertiary/aromatic N) is 1. The van der Waals surface area contributed by atoms with E-state index in [4.69, 9.17) is 0 Å².